The molecular weight excluding hydrogens is 378 g/mol. The molecule has 28 heavy (non-hydrogen) atoms. The van der Waals surface area contributed by atoms with E-state index in [0.29, 0.717) is 40.9 Å². The van der Waals surface area contributed by atoms with Crippen molar-refractivity contribution < 1.29 is 14.3 Å². The van der Waals surface area contributed by atoms with Gasteiger partial charge in [-0.25, -0.2) is 0 Å². The lowest BCUT2D eigenvalue weighted by atomic mass is 10.2. The van der Waals surface area contributed by atoms with Gasteiger partial charge in [0, 0.05) is 28.7 Å². The van der Waals surface area contributed by atoms with Crippen LogP contribution in [0.3, 0.4) is 0 Å². The van der Waals surface area contributed by atoms with E-state index in [1.165, 1.54) is 6.20 Å². The Bertz CT molecular complexity index is 1040. The Hall–Kier alpha value is -3.25. The molecule has 1 aliphatic heterocycles. The van der Waals surface area contributed by atoms with Gasteiger partial charge in [0.2, 0.25) is 0 Å². The summed E-state index contributed by atoms with van der Waals surface area (Å²) in [4.78, 5) is 16.8. The summed E-state index contributed by atoms with van der Waals surface area (Å²) in [6.07, 6.45) is 3.18. The Labute approximate surface area is 167 Å². The normalized spacial score (nSPS) is 12.4. The molecule has 0 radical (unpaired) electrons. The molecule has 142 valence electrons. The molecule has 0 saturated carbocycles. The van der Waals surface area contributed by atoms with Crippen molar-refractivity contribution in [1.82, 2.24) is 4.98 Å². The predicted molar refractivity (Wildman–Crippen MR) is 109 cm³/mol. The first-order chi connectivity index (χ1) is 13.6. The summed E-state index contributed by atoms with van der Waals surface area (Å²) in [6, 6.07) is 12.7. The first-order valence-electron chi connectivity index (χ1n) is 8.78. The summed E-state index contributed by atoms with van der Waals surface area (Å²) in [5.74, 6) is 1.17. The zero-order valence-corrected chi connectivity index (χ0v) is 15.9. The second-order valence-electron chi connectivity index (χ2n) is 6.36. The third kappa shape index (κ3) is 4.02. The number of hydrogen-bond acceptors (Lipinski definition) is 5. The van der Waals surface area contributed by atoms with Crippen molar-refractivity contribution in [2.45, 2.75) is 6.92 Å². The molecule has 2 N–H and O–H groups in total. The number of nitrogens with zero attached hydrogens (tertiary/aromatic N) is 1. The van der Waals surface area contributed by atoms with Crippen LogP contribution in [0.4, 0.5) is 17.1 Å². The maximum Gasteiger partial charge on any atom is 0.257 e. The molecule has 0 fully saturated rings. The fourth-order valence-electron chi connectivity index (χ4n) is 2.88. The summed E-state index contributed by atoms with van der Waals surface area (Å²) >= 11 is 5.96. The Morgan fingerprint density at radius 2 is 1.82 bits per heavy atom. The highest BCUT2D eigenvalue weighted by molar-refractivity contribution is 6.30. The van der Waals surface area contributed by atoms with E-state index in [4.69, 9.17) is 21.1 Å². The van der Waals surface area contributed by atoms with Crippen LogP contribution in [0.2, 0.25) is 5.02 Å². The van der Waals surface area contributed by atoms with Gasteiger partial charge in [0.1, 0.15) is 13.2 Å². The van der Waals surface area contributed by atoms with Crippen molar-refractivity contribution in [3.05, 3.63) is 71.0 Å². The summed E-state index contributed by atoms with van der Waals surface area (Å²) in [6.45, 7) is 2.96. The molecule has 0 atom stereocenters. The van der Waals surface area contributed by atoms with E-state index in [2.05, 4.69) is 15.6 Å². The maximum absolute atomic E-state index is 12.6. The minimum Gasteiger partial charge on any atom is -0.486 e. The Morgan fingerprint density at radius 3 is 2.64 bits per heavy atom. The van der Waals surface area contributed by atoms with Crippen LogP contribution >= 0.6 is 11.6 Å². The standard InChI is InChI=1S/C21H18ClN3O3/c1-13-8-15(22)2-4-18(13)25-21(26)14-9-17(12-23-11-14)24-16-3-5-19-20(10-16)28-7-6-27-19/h2-5,8-12,24H,6-7H2,1H3,(H,25,26). The van der Waals surface area contributed by atoms with Crippen molar-refractivity contribution >= 4 is 34.6 Å². The first kappa shape index (κ1) is 18.1. The van der Waals surface area contributed by atoms with Gasteiger partial charge in [0.15, 0.2) is 11.5 Å². The number of benzene rings is 2. The zero-order chi connectivity index (χ0) is 19.5. The van der Waals surface area contributed by atoms with E-state index < -0.39 is 0 Å². The molecule has 1 aromatic heterocycles. The number of fused-ring (bicyclic) bond motifs is 1. The van der Waals surface area contributed by atoms with E-state index in [1.807, 2.05) is 25.1 Å². The fraction of sp³-hybridized carbons (Fsp3) is 0.143. The second kappa shape index (κ2) is 7.78. The van der Waals surface area contributed by atoms with Crippen LogP contribution in [0.5, 0.6) is 11.5 Å². The van der Waals surface area contributed by atoms with Crippen LogP contribution < -0.4 is 20.1 Å². The van der Waals surface area contributed by atoms with Crippen molar-refractivity contribution in [2.24, 2.45) is 0 Å². The monoisotopic (exact) mass is 395 g/mol. The number of nitrogens with one attached hydrogen (secondary N) is 2. The number of carbonyl (C=O) groups excluding carboxylic acids is 1. The fourth-order valence-corrected chi connectivity index (χ4v) is 3.11. The minimum absolute atomic E-state index is 0.247. The molecule has 1 amide bonds. The van der Waals surface area contributed by atoms with Gasteiger partial charge < -0.3 is 20.1 Å². The Morgan fingerprint density at radius 1 is 1.00 bits per heavy atom. The van der Waals surface area contributed by atoms with Crippen molar-refractivity contribution in [1.29, 1.82) is 0 Å². The van der Waals surface area contributed by atoms with Gasteiger partial charge in [0.25, 0.3) is 5.91 Å². The molecule has 6 nitrogen and oxygen atoms in total. The lowest BCUT2D eigenvalue weighted by Gasteiger charge is -2.19. The summed E-state index contributed by atoms with van der Waals surface area (Å²) in [5, 5.41) is 6.75. The van der Waals surface area contributed by atoms with Gasteiger partial charge in [0.05, 0.1) is 17.4 Å². The third-order valence-corrected chi connectivity index (χ3v) is 4.50. The molecule has 7 heteroatoms. The number of aryl methyl sites for hydroxylation is 1. The van der Waals surface area contributed by atoms with Crippen molar-refractivity contribution in [3.8, 4) is 11.5 Å². The lowest BCUT2D eigenvalue weighted by Crippen LogP contribution is -2.15. The number of hydrogen-bond donors (Lipinski definition) is 2. The van der Waals surface area contributed by atoms with E-state index in [9.17, 15) is 4.79 Å². The first-order valence-corrected chi connectivity index (χ1v) is 9.15. The van der Waals surface area contributed by atoms with Gasteiger partial charge in [-0.1, -0.05) is 11.6 Å². The van der Waals surface area contributed by atoms with Gasteiger partial charge in [-0.3, -0.25) is 9.78 Å². The number of aromatic nitrogens is 1. The van der Waals surface area contributed by atoms with Crippen LogP contribution in [0.25, 0.3) is 0 Å². The molecule has 0 bridgehead atoms. The summed E-state index contributed by atoms with van der Waals surface area (Å²) < 4.78 is 11.1. The van der Waals surface area contributed by atoms with Gasteiger partial charge in [-0.15, -0.1) is 0 Å². The van der Waals surface area contributed by atoms with Crippen LogP contribution in [-0.4, -0.2) is 24.1 Å². The highest BCUT2D eigenvalue weighted by atomic mass is 35.5. The molecule has 2 aromatic carbocycles. The predicted octanol–water partition coefficient (Wildman–Crippen LogP) is 4.81. The zero-order valence-electron chi connectivity index (χ0n) is 15.2. The summed E-state index contributed by atoms with van der Waals surface area (Å²) in [5.41, 5.74) is 3.55. The molecule has 4 rings (SSSR count). The number of pyridine rings is 1. The van der Waals surface area contributed by atoms with Gasteiger partial charge in [-0.05, 0) is 48.9 Å². The lowest BCUT2D eigenvalue weighted by molar-refractivity contribution is 0.102. The van der Waals surface area contributed by atoms with Crippen LogP contribution in [0.1, 0.15) is 15.9 Å². The Balaban J connectivity index is 1.50. The molecule has 0 aliphatic carbocycles. The second-order valence-corrected chi connectivity index (χ2v) is 6.80. The number of ether oxygens (including phenoxy) is 2. The molecule has 1 aliphatic rings. The maximum atomic E-state index is 12.6. The van der Waals surface area contributed by atoms with Crippen LogP contribution in [-0.2, 0) is 0 Å². The average Bonchev–Trinajstić information content (AvgIpc) is 2.70. The van der Waals surface area contributed by atoms with E-state index in [-0.39, 0.29) is 5.91 Å². The number of amides is 1. The molecule has 2 heterocycles. The van der Waals surface area contributed by atoms with E-state index >= 15 is 0 Å². The Kier molecular flexibility index (Phi) is 5.04. The van der Waals surface area contributed by atoms with Crippen LogP contribution in [0.15, 0.2) is 54.9 Å². The third-order valence-electron chi connectivity index (χ3n) is 4.27. The highest BCUT2D eigenvalue weighted by Crippen LogP contribution is 2.33. The largest absolute Gasteiger partial charge is 0.486 e. The van der Waals surface area contributed by atoms with Crippen molar-refractivity contribution in [3.63, 3.8) is 0 Å². The highest BCUT2D eigenvalue weighted by Gasteiger charge is 2.13. The molecule has 3 aromatic rings. The number of halogens is 1. The van der Waals surface area contributed by atoms with Gasteiger partial charge >= 0.3 is 0 Å². The molecular formula is C21H18ClN3O3. The number of carbonyl (C=O) groups is 1. The quantitative estimate of drug-likeness (QED) is 0.663. The van der Waals surface area contributed by atoms with E-state index in [1.54, 1.807) is 30.5 Å². The average molecular weight is 396 g/mol. The topological polar surface area (TPSA) is 72.5 Å². The van der Waals surface area contributed by atoms with Gasteiger partial charge in [-0.2, -0.15) is 0 Å². The smallest absolute Gasteiger partial charge is 0.257 e. The molecule has 0 saturated heterocycles. The SMILES string of the molecule is Cc1cc(Cl)ccc1NC(=O)c1cncc(Nc2ccc3c(c2)OCCO3)c1. The minimum atomic E-state index is -0.247. The summed E-state index contributed by atoms with van der Waals surface area (Å²) in [7, 11) is 0. The van der Waals surface area contributed by atoms with Crippen LogP contribution in [0, 0.1) is 6.92 Å². The molecule has 0 spiro atoms. The van der Waals surface area contributed by atoms with E-state index in [0.717, 1.165) is 17.0 Å². The number of rotatable bonds is 4. The number of anilines is 3. The van der Waals surface area contributed by atoms with Crippen molar-refractivity contribution in [2.75, 3.05) is 23.8 Å². The molecule has 0 unspecified atom stereocenters.